The molecule has 0 heterocycles. The first-order chi connectivity index (χ1) is 7.67. The van der Waals surface area contributed by atoms with Gasteiger partial charge in [0.25, 0.3) is 0 Å². The van der Waals surface area contributed by atoms with Crippen molar-refractivity contribution >= 4 is 5.97 Å². The van der Waals surface area contributed by atoms with Gasteiger partial charge in [-0.15, -0.1) is 0 Å². The van der Waals surface area contributed by atoms with Crippen LogP contribution in [0.15, 0.2) is 24.3 Å². The molecule has 0 aliphatic carbocycles. The first-order valence-corrected chi connectivity index (χ1v) is 5.44. The lowest BCUT2D eigenvalue weighted by Crippen LogP contribution is -2.05. The molecule has 1 aromatic rings. The summed E-state index contributed by atoms with van der Waals surface area (Å²) in [7, 11) is 1.40. The first-order valence-electron chi connectivity index (χ1n) is 5.44. The molecule has 0 amide bonds. The summed E-state index contributed by atoms with van der Waals surface area (Å²) in [6.45, 7) is 4.69. The molecule has 0 saturated heterocycles. The molecule has 1 atom stereocenters. The molecule has 0 bridgehead atoms. The summed E-state index contributed by atoms with van der Waals surface area (Å²) in [5.74, 6) is -0.217. The van der Waals surface area contributed by atoms with Crippen LogP contribution in [0.3, 0.4) is 0 Å². The normalized spacial score (nSPS) is 12.2. The average Bonchev–Trinajstić information content (AvgIpc) is 2.30. The molecule has 0 saturated carbocycles. The second kappa shape index (κ2) is 6.28. The molecule has 3 nitrogen and oxygen atoms in total. The number of carbonyl (C=O) groups excluding carboxylic acids is 1. The van der Waals surface area contributed by atoms with Gasteiger partial charge in [-0.2, -0.15) is 0 Å². The van der Waals surface area contributed by atoms with Gasteiger partial charge in [0, 0.05) is 6.61 Å². The smallest absolute Gasteiger partial charge is 0.309 e. The molecule has 0 fully saturated rings. The largest absolute Gasteiger partial charge is 0.469 e. The zero-order valence-electron chi connectivity index (χ0n) is 10.0. The Morgan fingerprint density at radius 2 is 1.94 bits per heavy atom. The maximum Gasteiger partial charge on any atom is 0.309 e. The maximum absolute atomic E-state index is 11.1. The van der Waals surface area contributed by atoms with Crippen molar-refractivity contribution < 1.29 is 14.3 Å². The molecule has 0 spiro atoms. The predicted molar refractivity (Wildman–Crippen MR) is 62.2 cm³/mol. The fraction of sp³-hybridized carbons (Fsp3) is 0.462. The molecular weight excluding hydrogens is 204 g/mol. The summed E-state index contributed by atoms with van der Waals surface area (Å²) in [4.78, 5) is 11.1. The molecule has 0 N–H and O–H groups in total. The van der Waals surface area contributed by atoms with Crippen LogP contribution in [0.4, 0.5) is 0 Å². The van der Waals surface area contributed by atoms with Gasteiger partial charge in [-0.05, 0) is 25.0 Å². The van der Waals surface area contributed by atoms with E-state index in [9.17, 15) is 4.79 Å². The third kappa shape index (κ3) is 3.66. The molecule has 0 unspecified atom stereocenters. The fourth-order valence-corrected chi connectivity index (χ4v) is 1.49. The number of hydrogen-bond donors (Lipinski definition) is 0. The Labute approximate surface area is 96.4 Å². The third-order valence-corrected chi connectivity index (χ3v) is 2.44. The van der Waals surface area contributed by atoms with Crippen LogP contribution in [0.5, 0.6) is 0 Å². The van der Waals surface area contributed by atoms with Crippen LogP contribution in [0, 0.1) is 0 Å². The van der Waals surface area contributed by atoms with E-state index in [0.717, 1.165) is 11.1 Å². The Hall–Kier alpha value is -1.35. The Balaban J connectivity index is 2.64. The van der Waals surface area contributed by atoms with E-state index in [4.69, 9.17) is 4.74 Å². The molecule has 16 heavy (non-hydrogen) atoms. The van der Waals surface area contributed by atoms with Crippen molar-refractivity contribution in [3.8, 4) is 0 Å². The lowest BCUT2D eigenvalue weighted by molar-refractivity contribution is -0.139. The molecule has 0 aliphatic heterocycles. The summed E-state index contributed by atoms with van der Waals surface area (Å²) in [5, 5.41) is 0. The molecule has 0 aromatic heterocycles. The summed E-state index contributed by atoms with van der Waals surface area (Å²) in [6.07, 6.45) is 0.414. The average molecular weight is 222 g/mol. The van der Waals surface area contributed by atoms with E-state index in [-0.39, 0.29) is 12.1 Å². The lowest BCUT2D eigenvalue weighted by Gasteiger charge is -2.12. The Kier molecular flexibility index (Phi) is 4.99. The van der Waals surface area contributed by atoms with Gasteiger partial charge < -0.3 is 9.47 Å². The van der Waals surface area contributed by atoms with Crippen molar-refractivity contribution in [2.75, 3.05) is 13.7 Å². The number of esters is 1. The van der Waals surface area contributed by atoms with Crippen molar-refractivity contribution in [3.63, 3.8) is 0 Å². The molecule has 1 aromatic carbocycles. The standard InChI is InChI=1S/C13H18O3/c1-4-16-10(2)12-7-5-11(6-8-12)9-13(14)15-3/h5-8,10H,4,9H2,1-3H3/t10-/m0/s1. The van der Waals surface area contributed by atoms with Gasteiger partial charge in [0.05, 0.1) is 19.6 Å². The Morgan fingerprint density at radius 1 is 1.31 bits per heavy atom. The number of hydrogen-bond acceptors (Lipinski definition) is 3. The number of ether oxygens (including phenoxy) is 2. The predicted octanol–water partition coefficient (Wildman–Crippen LogP) is 2.50. The van der Waals surface area contributed by atoms with Gasteiger partial charge in [-0.3, -0.25) is 4.79 Å². The Bertz CT molecular complexity index is 330. The van der Waals surface area contributed by atoms with Crippen LogP contribution in [0.25, 0.3) is 0 Å². The van der Waals surface area contributed by atoms with Gasteiger partial charge in [0.1, 0.15) is 0 Å². The number of methoxy groups -OCH3 is 1. The van der Waals surface area contributed by atoms with Crippen molar-refractivity contribution in [2.24, 2.45) is 0 Å². The van der Waals surface area contributed by atoms with E-state index in [1.54, 1.807) is 0 Å². The molecule has 3 heteroatoms. The van der Waals surface area contributed by atoms with Gasteiger partial charge >= 0.3 is 5.97 Å². The first kappa shape index (κ1) is 12.7. The minimum Gasteiger partial charge on any atom is -0.469 e. The third-order valence-electron chi connectivity index (χ3n) is 2.44. The van der Waals surface area contributed by atoms with Crippen LogP contribution in [0.2, 0.25) is 0 Å². The molecule has 1 rings (SSSR count). The summed E-state index contributed by atoms with van der Waals surface area (Å²) < 4.78 is 10.1. The van der Waals surface area contributed by atoms with Crippen molar-refractivity contribution in [1.29, 1.82) is 0 Å². The second-order valence-corrected chi connectivity index (χ2v) is 3.59. The van der Waals surface area contributed by atoms with Crippen molar-refractivity contribution in [2.45, 2.75) is 26.4 Å². The van der Waals surface area contributed by atoms with Crippen LogP contribution in [0.1, 0.15) is 31.1 Å². The Morgan fingerprint density at radius 3 is 2.44 bits per heavy atom. The van der Waals surface area contributed by atoms with Crippen molar-refractivity contribution in [3.05, 3.63) is 35.4 Å². The zero-order chi connectivity index (χ0) is 12.0. The number of rotatable bonds is 5. The van der Waals surface area contributed by atoms with E-state index in [0.29, 0.717) is 13.0 Å². The van der Waals surface area contributed by atoms with E-state index >= 15 is 0 Å². The van der Waals surface area contributed by atoms with Crippen LogP contribution in [-0.2, 0) is 20.7 Å². The molecule has 88 valence electrons. The van der Waals surface area contributed by atoms with Crippen LogP contribution < -0.4 is 0 Å². The van der Waals surface area contributed by atoms with Crippen LogP contribution in [-0.4, -0.2) is 19.7 Å². The number of benzene rings is 1. The highest BCUT2D eigenvalue weighted by Gasteiger charge is 2.06. The SMILES string of the molecule is CCO[C@@H](C)c1ccc(CC(=O)OC)cc1. The highest BCUT2D eigenvalue weighted by atomic mass is 16.5. The van der Waals surface area contributed by atoms with Gasteiger partial charge in [0.15, 0.2) is 0 Å². The monoisotopic (exact) mass is 222 g/mol. The van der Waals surface area contributed by atoms with Gasteiger partial charge in [-0.25, -0.2) is 0 Å². The summed E-state index contributed by atoms with van der Waals surface area (Å²) >= 11 is 0. The van der Waals surface area contributed by atoms with Crippen molar-refractivity contribution in [1.82, 2.24) is 0 Å². The minimum absolute atomic E-state index is 0.0946. The summed E-state index contributed by atoms with van der Waals surface area (Å²) in [6, 6.07) is 7.83. The lowest BCUT2D eigenvalue weighted by atomic mass is 10.1. The highest BCUT2D eigenvalue weighted by Crippen LogP contribution is 2.17. The van der Waals surface area contributed by atoms with Gasteiger partial charge in [0.2, 0.25) is 0 Å². The van der Waals surface area contributed by atoms with E-state index in [1.807, 2.05) is 38.1 Å². The van der Waals surface area contributed by atoms with E-state index in [1.165, 1.54) is 7.11 Å². The topological polar surface area (TPSA) is 35.5 Å². The number of carbonyl (C=O) groups is 1. The second-order valence-electron chi connectivity index (χ2n) is 3.59. The van der Waals surface area contributed by atoms with E-state index < -0.39 is 0 Å². The maximum atomic E-state index is 11.1. The van der Waals surface area contributed by atoms with Gasteiger partial charge in [-0.1, -0.05) is 24.3 Å². The zero-order valence-corrected chi connectivity index (χ0v) is 10.0. The summed E-state index contributed by atoms with van der Waals surface area (Å²) in [5.41, 5.74) is 2.08. The molecular formula is C13H18O3. The molecule has 0 radical (unpaired) electrons. The highest BCUT2D eigenvalue weighted by molar-refractivity contribution is 5.72. The van der Waals surface area contributed by atoms with Crippen LogP contribution >= 0.6 is 0 Å². The quantitative estimate of drug-likeness (QED) is 0.718. The minimum atomic E-state index is -0.217. The van der Waals surface area contributed by atoms with E-state index in [2.05, 4.69) is 4.74 Å². The molecule has 0 aliphatic rings. The fourth-order valence-electron chi connectivity index (χ4n) is 1.49.